The van der Waals surface area contributed by atoms with Gasteiger partial charge in [0.1, 0.15) is 11.5 Å². The summed E-state index contributed by atoms with van der Waals surface area (Å²) in [7, 11) is 1.53. The Morgan fingerprint density at radius 3 is 2.46 bits per heavy atom. The maximum absolute atomic E-state index is 12.7. The van der Waals surface area contributed by atoms with Gasteiger partial charge in [0.05, 0.1) is 24.2 Å². The van der Waals surface area contributed by atoms with Gasteiger partial charge in [-0.3, -0.25) is 19.3 Å². The molecule has 3 aromatic rings. The summed E-state index contributed by atoms with van der Waals surface area (Å²) in [5.41, 5.74) is 2.10. The topological polar surface area (TPSA) is 84.9 Å². The molecule has 9 heteroatoms. The first-order valence-corrected chi connectivity index (χ1v) is 11.8. The van der Waals surface area contributed by atoms with Gasteiger partial charge in [0, 0.05) is 5.02 Å². The summed E-state index contributed by atoms with van der Waals surface area (Å²) < 4.78 is 10.8. The lowest BCUT2D eigenvalue weighted by molar-refractivity contribution is -0.123. The van der Waals surface area contributed by atoms with E-state index >= 15 is 0 Å². The van der Waals surface area contributed by atoms with Crippen LogP contribution < -0.4 is 14.8 Å². The molecule has 0 aliphatic carbocycles. The van der Waals surface area contributed by atoms with Crippen LogP contribution in [-0.4, -0.2) is 35.7 Å². The fraction of sp³-hybridized carbons (Fsp3) is 0.115. The second-order valence-corrected chi connectivity index (χ2v) is 8.93. The van der Waals surface area contributed by atoms with Crippen molar-refractivity contribution < 1.29 is 23.9 Å². The number of thioether (sulfide) groups is 1. The Kier molecular flexibility index (Phi) is 7.74. The molecule has 1 aliphatic heterocycles. The minimum atomic E-state index is -0.344. The molecular weight excluding hydrogens is 488 g/mol. The monoisotopic (exact) mass is 508 g/mol. The maximum atomic E-state index is 12.7. The predicted octanol–water partition coefficient (Wildman–Crippen LogP) is 5.60. The van der Waals surface area contributed by atoms with Crippen molar-refractivity contribution in [2.24, 2.45) is 0 Å². The summed E-state index contributed by atoms with van der Waals surface area (Å²) in [6, 6.07) is 21.0. The minimum absolute atomic E-state index is 0.180. The van der Waals surface area contributed by atoms with Crippen LogP contribution >= 0.6 is 23.4 Å². The normalized spacial score (nSPS) is 14.3. The second-order valence-electron chi connectivity index (χ2n) is 7.50. The molecule has 0 bridgehead atoms. The molecule has 0 unspecified atom stereocenters. The Hall–Kier alpha value is -3.75. The van der Waals surface area contributed by atoms with Crippen LogP contribution in [0, 0.1) is 0 Å². The number of amides is 3. The Morgan fingerprint density at radius 1 is 1.03 bits per heavy atom. The third-order valence-corrected chi connectivity index (χ3v) is 6.22. The molecule has 3 amide bonds. The average Bonchev–Trinajstić information content (AvgIpc) is 3.12. The van der Waals surface area contributed by atoms with Crippen molar-refractivity contribution >= 4 is 52.2 Å². The number of benzene rings is 3. The number of carbonyl (C=O) groups is 3. The molecule has 0 spiro atoms. The molecule has 0 saturated carbocycles. The van der Waals surface area contributed by atoms with E-state index in [1.807, 2.05) is 6.07 Å². The summed E-state index contributed by atoms with van der Waals surface area (Å²) in [6.45, 7) is 0.00382. The van der Waals surface area contributed by atoms with Gasteiger partial charge in [0.25, 0.3) is 17.1 Å². The lowest BCUT2D eigenvalue weighted by Crippen LogP contribution is -2.27. The van der Waals surface area contributed by atoms with Crippen molar-refractivity contribution in [2.45, 2.75) is 6.54 Å². The smallest absolute Gasteiger partial charge is 0.293 e. The van der Waals surface area contributed by atoms with Crippen LogP contribution in [0.5, 0.6) is 11.5 Å². The molecule has 1 aliphatic rings. The van der Waals surface area contributed by atoms with Gasteiger partial charge in [0.2, 0.25) is 0 Å². The van der Waals surface area contributed by atoms with Crippen molar-refractivity contribution in [3.63, 3.8) is 0 Å². The number of ether oxygens (including phenoxy) is 2. The number of para-hydroxylation sites is 2. The van der Waals surface area contributed by atoms with Gasteiger partial charge in [-0.25, -0.2) is 0 Å². The highest BCUT2D eigenvalue weighted by molar-refractivity contribution is 8.18. The van der Waals surface area contributed by atoms with Gasteiger partial charge in [-0.1, -0.05) is 48.0 Å². The first-order chi connectivity index (χ1) is 16.9. The van der Waals surface area contributed by atoms with E-state index < -0.39 is 0 Å². The number of hydrogen-bond donors (Lipinski definition) is 1. The van der Waals surface area contributed by atoms with E-state index in [-0.39, 0.29) is 30.2 Å². The molecule has 1 fully saturated rings. The molecule has 1 heterocycles. The van der Waals surface area contributed by atoms with Crippen LogP contribution in [0.15, 0.2) is 77.7 Å². The van der Waals surface area contributed by atoms with Gasteiger partial charge >= 0.3 is 0 Å². The molecule has 0 radical (unpaired) electrons. The Bertz CT molecular complexity index is 1280. The van der Waals surface area contributed by atoms with Crippen LogP contribution in [0.1, 0.15) is 11.1 Å². The van der Waals surface area contributed by atoms with E-state index in [0.717, 1.165) is 22.9 Å². The zero-order chi connectivity index (χ0) is 24.8. The third-order valence-electron chi connectivity index (χ3n) is 5.06. The van der Waals surface area contributed by atoms with E-state index in [1.165, 1.54) is 12.0 Å². The summed E-state index contributed by atoms with van der Waals surface area (Å²) in [6.07, 6.45) is 1.66. The van der Waals surface area contributed by atoms with E-state index in [1.54, 1.807) is 72.8 Å². The van der Waals surface area contributed by atoms with Crippen LogP contribution in [0.2, 0.25) is 5.02 Å². The Balaban J connectivity index is 1.34. The number of carbonyl (C=O) groups excluding carboxylic acids is 3. The lowest BCUT2D eigenvalue weighted by Gasteiger charge is -2.12. The standard InChI is InChI=1S/C26H21ClN2O5S/c1-33-22-5-3-2-4-21(22)28-24(30)16-34-20-12-8-17(9-13-20)14-23-25(31)29(26(32)35-23)15-18-6-10-19(27)11-7-18/h2-14H,15-16H2,1H3,(H,28,30)/b23-14-. The molecule has 4 rings (SSSR count). The number of nitrogens with zero attached hydrogens (tertiary/aromatic N) is 1. The fourth-order valence-corrected chi connectivity index (χ4v) is 4.27. The molecule has 1 saturated heterocycles. The third kappa shape index (κ3) is 6.23. The largest absolute Gasteiger partial charge is 0.495 e. The van der Waals surface area contributed by atoms with Gasteiger partial charge in [0.15, 0.2) is 6.61 Å². The maximum Gasteiger partial charge on any atom is 0.293 e. The highest BCUT2D eigenvalue weighted by Gasteiger charge is 2.34. The summed E-state index contributed by atoms with van der Waals surface area (Å²) in [4.78, 5) is 38.9. The van der Waals surface area contributed by atoms with Crippen LogP contribution in [-0.2, 0) is 16.1 Å². The van der Waals surface area contributed by atoms with E-state index in [9.17, 15) is 14.4 Å². The molecule has 7 nitrogen and oxygen atoms in total. The van der Waals surface area contributed by atoms with Crippen LogP contribution in [0.3, 0.4) is 0 Å². The van der Waals surface area contributed by atoms with Crippen molar-refractivity contribution in [1.29, 1.82) is 0 Å². The van der Waals surface area contributed by atoms with Gasteiger partial charge in [-0.05, 0) is 65.4 Å². The second kappa shape index (κ2) is 11.1. The van der Waals surface area contributed by atoms with Crippen LogP contribution in [0.4, 0.5) is 10.5 Å². The SMILES string of the molecule is COc1ccccc1NC(=O)COc1ccc(/C=C2\SC(=O)N(Cc3ccc(Cl)cc3)C2=O)cc1. The number of hydrogen-bond acceptors (Lipinski definition) is 6. The molecule has 0 atom stereocenters. The van der Waals surface area contributed by atoms with Gasteiger partial charge < -0.3 is 14.8 Å². The lowest BCUT2D eigenvalue weighted by atomic mass is 10.2. The fourth-order valence-electron chi connectivity index (χ4n) is 3.30. The molecular formula is C26H21ClN2O5S. The van der Waals surface area contributed by atoms with Gasteiger partial charge in [-0.15, -0.1) is 0 Å². The number of anilines is 1. The summed E-state index contributed by atoms with van der Waals surface area (Å²) in [5, 5.41) is 3.01. The number of rotatable bonds is 8. The number of halogens is 1. The zero-order valence-electron chi connectivity index (χ0n) is 18.7. The molecule has 0 aromatic heterocycles. The first-order valence-electron chi connectivity index (χ1n) is 10.6. The van der Waals surface area contributed by atoms with Crippen LogP contribution in [0.25, 0.3) is 6.08 Å². The van der Waals surface area contributed by atoms with E-state index in [2.05, 4.69) is 5.32 Å². The quantitative estimate of drug-likeness (QED) is 0.398. The number of methoxy groups -OCH3 is 1. The predicted molar refractivity (Wildman–Crippen MR) is 137 cm³/mol. The van der Waals surface area contributed by atoms with E-state index in [4.69, 9.17) is 21.1 Å². The molecule has 178 valence electrons. The molecule has 3 aromatic carbocycles. The van der Waals surface area contributed by atoms with Crippen molar-refractivity contribution in [3.8, 4) is 11.5 Å². The molecule has 1 N–H and O–H groups in total. The van der Waals surface area contributed by atoms with Gasteiger partial charge in [-0.2, -0.15) is 0 Å². The Labute approximate surface area is 211 Å². The van der Waals surface area contributed by atoms with Crippen molar-refractivity contribution in [2.75, 3.05) is 19.0 Å². The highest BCUT2D eigenvalue weighted by Crippen LogP contribution is 2.33. The summed E-state index contributed by atoms with van der Waals surface area (Å²) in [5.74, 6) is 0.382. The minimum Gasteiger partial charge on any atom is -0.495 e. The number of imide groups is 1. The Morgan fingerprint density at radius 2 is 1.74 bits per heavy atom. The highest BCUT2D eigenvalue weighted by atomic mass is 35.5. The first kappa shape index (κ1) is 24.4. The van der Waals surface area contributed by atoms with Crippen molar-refractivity contribution in [1.82, 2.24) is 4.90 Å². The zero-order valence-corrected chi connectivity index (χ0v) is 20.3. The van der Waals surface area contributed by atoms with Crippen molar-refractivity contribution in [3.05, 3.63) is 93.9 Å². The summed E-state index contributed by atoms with van der Waals surface area (Å²) >= 11 is 6.79. The molecule has 35 heavy (non-hydrogen) atoms. The average molecular weight is 509 g/mol. The number of nitrogens with one attached hydrogen (secondary N) is 1. The van der Waals surface area contributed by atoms with E-state index in [0.29, 0.717) is 27.1 Å².